The number of carboxylic acids is 1. The van der Waals surface area contributed by atoms with Gasteiger partial charge in [0.1, 0.15) is 0 Å². The minimum Gasteiger partial charge on any atom is -0.478 e. The zero-order valence-electron chi connectivity index (χ0n) is 17.0. The number of hydrogen-bond acceptors (Lipinski definition) is 2. The van der Waals surface area contributed by atoms with Crippen molar-refractivity contribution in [2.24, 2.45) is 0 Å². The summed E-state index contributed by atoms with van der Waals surface area (Å²) >= 11 is 0. The summed E-state index contributed by atoms with van der Waals surface area (Å²) in [7, 11) is 0. The average Bonchev–Trinajstić information content (AvgIpc) is 2.65. The van der Waals surface area contributed by atoms with Gasteiger partial charge in [-0.2, -0.15) is 0 Å². The molecular weight excluding hydrogens is 322 g/mol. The summed E-state index contributed by atoms with van der Waals surface area (Å²) in [5.74, 6) is -0.852. The highest BCUT2D eigenvalue weighted by molar-refractivity contribution is 5.88. The highest BCUT2D eigenvalue weighted by atomic mass is 16.4. The smallest absolute Gasteiger partial charge is 0.335 e. The van der Waals surface area contributed by atoms with Gasteiger partial charge in [-0.1, -0.05) is 78.1 Å². The lowest BCUT2D eigenvalue weighted by atomic mass is 10.1. The second kappa shape index (κ2) is 14.6. The van der Waals surface area contributed by atoms with Gasteiger partial charge in [0.15, 0.2) is 0 Å². The molecule has 0 aliphatic rings. The highest BCUT2D eigenvalue weighted by Crippen LogP contribution is 2.18. The van der Waals surface area contributed by atoms with Gasteiger partial charge in [-0.05, 0) is 37.1 Å². The van der Waals surface area contributed by atoms with Gasteiger partial charge in [-0.15, -0.1) is 0 Å². The Kier molecular flexibility index (Phi) is 12.7. The van der Waals surface area contributed by atoms with Crippen molar-refractivity contribution in [2.45, 2.75) is 90.9 Å². The largest absolute Gasteiger partial charge is 0.478 e. The van der Waals surface area contributed by atoms with E-state index in [1.807, 2.05) is 12.1 Å². The normalized spacial score (nSPS) is 10.8. The minimum absolute atomic E-state index is 0.368. The van der Waals surface area contributed by atoms with E-state index in [2.05, 4.69) is 18.7 Å². The molecule has 0 amide bonds. The molecule has 148 valence electrons. The van der Waals surface area contributed by atoms with Crippen molar-refractivity contribution in [1.82, 2.24) is 0 Å². The molecule has 0 aliphatic heterocycles. The summed E-state index contributed by atoms with van der Waals surface area (Å²) in [5, 5.41) is 9.09. The molecule has 1 N–H and O–H groups in total. The van der Waals surface area contributed by atoms with E-state index in [1.54, 1.807) is 12.1 Å². The van der Waals surface area contributed by atoms with Crippen LogP contribution >= 0.6 is 0 Å². The third-order valence-electron chi connectivity index (χ3n) is 5.04. The molecule has 0 aromatic heterocycles. The van der Waals surface area contributed by atoms with Crippen LogP contribution in [0.5, 0.6) is 0 Å². The van der Waals surface area contributed by atoms with Crippen LogP contribution in [0.15, 0.2) is 24.3 Å². The molecule has 3 nitrogen and oxygen atoms in total. The third-order valence-corrected chi connectivity index (χ3v) is 5.04. The first kappa shape index (κ1) is 22.5. The number of hydrogen-bond donors (Lipinski definition) is 1. The number of anilines is 1. The third kappa shape index (κ3) is 9.84. The lowest BCUT2D eigenvalue weighted by molar-refractivity contribution is 0.0697. The molecule has 0 saturated carbocycles. The van der Waals surface area contributed by atoms with E-state index in [4.69, 9.17) is 5.11 Å². The summed E-state index contributed by atoms with van der Waals surface area (Å²) in [6.45, 7) is 6.66. The second-order valence-electron chi connectivity index (χ2n) is 7.37. The number of unbranched alkanes of at least 4 members (excludes halogenated alkanes) is 10. The molecule has 1 rings (SSSR count). The van der Waals surface area contributed by atoms with E-state index in [1.165, 1.54) is 77.0 Å². The van der Waals surface area contributed by atoms with E-state index in [-0.39, 0.29) is 0 Å². The van der Waals surface area contributed by atoms with E-state index in [9.17, 15) is 4.79 Å². The van der Waals surface area contributed by atoms with Crippen molar-refractivity contribution in [3.05, 3.63) is 29.8 Å². The molecule has 0 heterocycles. The molecule has 0 bridgehead atoms. The first-order valence-electron chi connectivity index (χ1n) is 10.8. The molecular formula is C23H39NO2. The Morgan fingerprint density at radius 2 is 1.15 bits per heavy atom. The molecule has 3 heteroatoms. The molecule has 0 unspecified atom stereocenters. The fourth-order valence-corrected chi connectivity index (χ4v) is 3.35. The summed E-state index contributed by atoms with van der Waals surface area (Å²) in [5.41, 5.74) is 1.53. The molecule has 0 spiro atoms. The molecule has 0 atom stereocenters. The average molecular weight is 362 g/mol. The van der Waals surface area contributed by atoms with Crippen LogP contribution in [-0.4, -0.2) is 24.2 Å². The SMILES string of the molecule is CCCCCCCCN(CCCCCCCC)c1ccc(C(=O)O)cc1. The van der Waals surface area contributed by atoms with Crippen molar-refractivity contribution in [3.63, 3.8) is 0 Å². The number of nitrogens with zero attached hydrogens (tertiary/aromatic N) is 1. The predicted molar refractivity (Wildman–Crippen MR) is 112 cm³/mol. The van der Waals surface area contributed by atoms with Crippen molar-refractivity contribution < 1.29 is 9.90 Å². The quantitative estimate of drug-likeness (QED) is 0.325. The zero-order valence-corrected chi connectivity index (χ0v) is 17.0. The predicted octanol–water partition coefficient (Wildman–Crippen LogP) is 6.91. The standard InChI is InChI=1S/C23H39NO2/c1-3-5-7-9-11-13-19-24(20-14-12-10-8-6-4-2)22-17-15-21(16-18-22)23(25)26/h15-18H,3-14,19-20H2,1-2H3,(H,25,26). The van der Waals surface area contributed by atoms with Gasteiger partial charge in [0.25, 0.3) is 0 Å². The maximum atomic E-state index is 11.1. The molecule has 26 heavy (non-hydrogen) atoms. The number of rotatable bonds is 16. The topological polar surface area (TPSA) is 40.5 Å². The van der Waals surface area contributed by atoms with Crippen LogP contribution in [0.25, 0.3) is 0 Å². The highest BCUT2D eigenvalue weighted by Gasteiger charge is 2.08. The van der Waals surface area contributed by atoms with Crippen LogP contribution in [0.1, 0.15) is 101 Å². The Hall–Kier alpha value is -1.51. The van der Waals surface area contributed by atoms with Gasteiger partial charge in [0, 0.05) is 18.8 Å². The Labute approximate surface area is 160 Å². The molecule has 1 aromatic rings. The fourth-order valence-electron chi connectivity index (χ4n) is 3.35. The van der Waals surface area contributed by atoms with E-state index in [0.29, 0.717) is 5.56 Å². The second-order valence-corrected chi connectivity index (χ2v) is 7.37. The molecule has 0 radical (unpaired) electrons. The van der Waals surface area contributed by atoms with Crippen LogP contribution in [0.4, 0.5) is 5.69 Å². The summed E-state index contributed by atoms with van der Waals surface area (Å²) in [6, 6.07) is 7.40. The number of carbonyl (C=O) groups is 1. The van der Waals surface area contributed by atoms with E-state index in [0.717, 1.165) is 18.8 Å². The van der Waals surface area contributed by atoms with Crippen LogP contribution in [0.2, 0.25) is 0 Å². The van der Waals surface area contributed by atoms with Crippen molar-refractivity contribution >= 4 is 11.7 Å². The first-order chi connectivity index (χ1) is 12.7. The Bertz CT molecular complexity index is 454. The van der Waals surface area contributed by atoms with Gasteiger partial charge in [0.2, 0.25) is 0 Å². The van der Waals surface area contributed by atoms with Crippen LogP contribution < -0.4 is 4.90 Å². The number of benzene rings is 1. The van der Waals surface area contributed by atoms with Crippen molar-refractivity contribution in [1.29, 1.82) is 0 Å². The lowest BCUT2D eigenvalue weighted by Crippen LogP contribution is -2.25. The summed E-state index contributed by atoms with van der Waals surface area (Å²) in [6.07, 6.45) is 15.7. The van der Waals surface area contributed by atoms with Gasteiger partial charge < -0.3 is 10.0 Å². The van der Waals surface area contributed by atoms with Crippen LogP contribution in [-0.2, 0) is 0 Å². The van der Waals surface area contributed by atoms with Crippen molar-refractivity contribution in [2.75, 3.05) is 18.0 Å². The summed E-state index contributed by atoms with van der Waals surface area (Å²) in [4.78, 5) is 13.5. The Morgan fingerprint density at radius 1 is 0.731 bits per heavy atom. The Morgan fingerprint density at radius 3 is 1.58 bits per heavy atom. The Balaban J connectivity index is 2.47. The summed E-state index contributed by atoms with van der Waals surface area (Å²) < 4.78 is 0. The van der Waals surface area contributed by atoms with Crippen LogP contribution in [0.3, 0.4) is 0 Å². The van der Waals surface area contributed by atoms with E-state index >= 15 is 0 Å². The molecule has 1 aromatic carbocycles. The fraction of sp³-hybridized carbons (Fsp3) is 0.696. The maximum Gasteiger partial charge on any atom is 0.335 e. The first-order valence-corrected chi connectivity index (χ1v) is 10.8. The van der Waals surface area contributed by atoms with E-state index < -0.39 is 5.97 Å². The number of aromatic carboxylic acids is 1. The monoisotopic (exact) mass is 361 g/mol. The van der Waals surface area contributed by atoms with Gasteiger partial charge in [-0.25, -0.2) is 4.79 Å². The van der Waals surface area contributed by atoms with Crippen LogP contribution in [0, 0.1) is 0 Å². The lowest BCUT2D eigenvalue weighted by Gasteiger charge is -2.25. The van der Waals surface area contributed by atoms with Gasteiger partial charge in [-0.3, -0.25) is 0 Å². The van der Waals surface area contributed by atoms with Crippen molar-refractivity contribution in [3.8, 4) is 0 Å². The minimum atomic E-state index is -0.852. The molecule has 0 fully saturated rings. The molecule has 0 aliphatic carbocycles. The maximum absolute atomic E-state index is 11.1. The van der Waals surface area contributed by atoms with Gasteiger partial charge >= 0.3 is 5.97 Å². The number of carboxylic acid groups (broad SMARTS) is 1. The molecule has 0 saturated heterocycles. The van der Waals surface area contributed by atoms with Gasteiger partial charge in [0.05, 0.1) is 5.56 Å². The zero-order chi connectivity index (χ0) is 19.0.